The molecule has 28 heavy (non-hydrogen) atoms. The van der Waals surface area contributed by atoms with Crippen LogP contribution >= 0.6 is 0 Å². The third-order valence-electron chi connectivity index (χ3n) is 5.12. The van der Waals surface area contributed by atoms with E-state index in [1.807, 2.05) is 14.1 Å². The molecule has 1 aliphatic rings. The van der Waals surface area contributed by atoms with Crippen molar-refractivity contribution in [3.63, 3.8) is 0 Å². The molecule has 1 unspecified atom stereocenters. The highest BCUT2D eigenvalue weighted by Gasteiger charge is 2.28. The molecule has 2 rings (SSSR count). The van der Waals surface area contributed by atoms with Crippen LogP contribution in [-0.4, -0.2) is 62.3 Å². The molecule has 1 N–H and O–H groups in total. The summed E-state index contributed by atoms with van der Waals surface area (Å²) < 4.78 is 27.1. The number of likely N-dealkylation sites (N-methyl/N-ethyl adjacent to an activating group) is 1. The van der Waals surface area contributed by atoms with Crippen molar-refractivity contribution >= 4 is 21.4 Å². The number of hydrogen-bond donors (Lipinski definition) is 1. The van der Waals surface area contributed by atoms with E-state index in [1.54, 1.807) is 0 Å². The Morgan fingerprint density at radius 1 is 1.21 bits per heavy atom. The lowest BCUT2D eigenvalue weighted by Crippen LogP contribution is -2.36. The van der Waals surface area contributed by atoms with Gasteiger partial charge in [-0.3, -0.25) is 10.1 Å². The van der Waals surface area contributed by atoms with E-state index in [0.29, 0.717) is 31.2 Å². The number of hydrogen-bond acceptors (Lipinski definition) is 6. The molecule has 1 atom stereocenters. The maximum atomic E-state index is 12.8. The Labute approximate surface area is 168 Å². The molecular formula is C19H32N4O4S. The molecule has 0 aromatic heterocycles. The Morgan fingerprint density at radius 2 is 1.86 bits per heavy atom. The Balaban J connectivity index is 2.24. The first kappa shape index (κ1) is 22.6. The smallest absolute Gasteiger partial charge is 0.293 e. The van der Waals surface area contributed by atoms with Crippen molar-refractivity contribution < 1.29 is 13.3 Å². The van der Waals surface area contributed by atoms with E-state index in [4.69, 9.17) is 0 Å². The van der Waals surface area contributed by atoms with Crippen LogP contribution in [0, 0.1) is 16.0 Å². The minimum Gasteiger partial charge on any atom is -0.378 e. The van der Waals surface area contributed by atoms with E-state index in [1.165, 1.54) is 22.5 Å². The summed E-state index contributed by atoms with van der Waals surface area (Å²) in [6, 6.07) is 4.37. The van der Waals surface area contributed by atoms with Crippen LogP contribution in [-0.2, 0) is 10.0 Å². The molecule has 0 amide bonds. The predicted octanol–water partition coefficient (Wildman–Crippen LogP) is 3.16. The molecule has 8 nitrogen and oxygen atoms in total. The summed E-state index contributed by atoms with van der Waals surface area (Å²) in [5, 5.41) is 14.7. The molecule has 158 valence electrons. The van der Waals surface area contributed by atoms with Gasteiger partial charge in [0.25, 0.3) is 5.69 Å². The quantitative estimate of drug-likeness (QED) is 0.494. The maximum absolute atomic E-state index is 12.8. The lowest BCUT2D eigenvalue weighted by Gasteiger charge is -2.27. The number of nitro benzene ring substituents is 1. The number of benzene rings is 1. The second-order valence-corrected chi connectivity index (χ2v) is 9.97. The molecule has 1 aromatic rings. The minimum absolute atomic E-state index is 0.0158. The Hall–Kier alpha value is -1.71. The fourth-order valence-corrected chi connectivity index (χ4v) is 5.01. The zero-order valence-corrected chi connectivity index (χ0v) is 18.0. The van der Waals surface area contributed by atoms with Crippen molar-refractivity contribution in [2.75, 3.05) is 39.0 Å². The van der Waals surface area contributed by atoms with Crippen molar-refractivity contribution in [3.8, 4) is 0 Å². The molecule has 1 fully saturated rings. The van der Waals surface area contributed by atoms with Gasteiger partial charge in [0.05, 0.1) is 9.82 Å². The Kier molecular flexibility index (Phi) is 7.79. The van der Waals surface area contributed by atoms with Crippen LogP contribution in [0.4, 0.5) is 11.4 Å². The molecule has 1 heterocycles. The number of nitrogens with zero attached hydrogens (tertiary/aromatic N) is 3. The van der Waals surface area contributed by atoms with Crippen LogP contribution in [0.25, 0.3) is 0 Å². The summed E-state index contributed by atoms with van der Waals surface area (Å²) in [6.07, 6.45) is 3.61. The molecule has 0 aliphatic carbocycles. The molecule has 0 bridgehead atoms. The van der Waals surface area contributed by atoms with Gasteiger partial charge in [-0.05, 0) is 51.4 Å². The maximum Gasteiger partial charge on any atom is 0.293 e. The summed E-state index contributed by atoms with van der Waals surface area (Å²) in [5.41, 5.74) is 0.137. The van der Waals surface area contributed by atoms with Crippen molar-refractivity contribution in [2.24, 2.45) is 5.92 Å². The summed E-state index contributed by atoms with van der Waals surface area (Å²) in [7, 11) is 0.265. The predicted molar refractivity (Wildman–Crippen MR) is 111 cm³/mol. The number of anilines is 1. The molecule has 9 heteroatoms. The topological polar surface area (TPSA) is 95.8 Å². The van der Waals surface area contributed by atoms with Crippen molar-refractivity contribution in [2.45, 2.75) is 50.5 Å². The summed E-state index contributed by atoms with van der Waals surface area (Å²) in [6.45, 7) is 5.76. The van der Waals surface area contributed by atoms with Gasteiger partial charge in [0.1, 0.15) is 5.69 Å². The van der Waals surface area contributed by atoms with Crippen LogP contribution in [0.2, 0.25) is 0 Å². The first-order valence-electron chi connectivity index (χ1n) is 9.81. The van der Waals surface area contributed by atoms with E-state index < -0.39 is 14.9 Å². The van der Waals surface area contributed by atoms with Crippen molar-refractivity contribution in [1.82, 2.24) is 9.21 Å². The number of nitrogens with one attached hydrogen (secondary N) is 1. The normalized spacial score (nSPS) is 17.1. The van der Waals surface area contributed by atoms with E-state index in [0.717, 1.165) is 25.7 Å². The van der Waals surface area contributed by atoms with Crippen LogP contribution in [0.1, 0.15) is 39.5 Å². The van der Waals surface area contributed by atoms with Crippen molar-refractivity contribution in [1.29, 1.82) is 0 Å². The molecule has 1 aliphatic heterocycles. The third kappa shape index (κ3) is 5.65. The lowest BCUT2D eigenvalue weighted by molar-refractivity contribution is -0.384. The van der Waals surface area contributed by atoms with Crippen LogP contribution in [0.3, 0.4) is 0 Å². The fraction of sp³-hybridized carbons (Fsp3) is 0.684. The largest absolute Gasteiger partial charge is 0.378 e. The van der Waals surface area contributed by atoms with Gasteiger partial charge in [0, 0.05) is 31.7 Å². The van der Waals surface area contributed by atoms with Gasteiger partial charge in [0.15, 0.2) is 0 Å². The summed E-state index contributed by atoms with van der Waals surface area (Å²) in [5.74, 6) is 0.501. The molecular weight excluding hydrogens is 380 g/mol. The van der Waals surface area contributed by atoms with Crippen LogP contribution in [0.15, 0.2) is 23.1 Å². The Bertz CT molecular complexity index is 774. The number of piperidine rings is 1. The van der Waals surface area contributed by atoms with Gasteiger partial charge in [-0.25, -0.2) is 8.42 Å². The first-order valence-corrected chi connectivity index (χ1v) is 11.3. The standard InChI is InChI=1S/C19H32N4O4S/c1-15(2)12-16(21(3)4)14-20-18-9-8-17(13-19(18)23(24)25)28(26,27)22-10-6-5-7-11-22/h8-9,13,15-16,20H,5-7,10-12,14H2,1-4H3. The average Bonchev–Trinajstić information content (AvgIpc) is 2.65. The van der Waals surface area contributed by atoms with Gasteiger partial charge in [-0.1, -0.05) is 20.3 Å². The van der Waals surface area contributed by atoms with Gasteiger partial charge >= 0.3 is 0 Å². The van der Waals surface area contributed by atoms with Gasteiger partial charge in [-0.15, -0.1) is 0 Å². The number of sulfonamides is 1. The summed E-state index contributed by atoms with van der Waals surface area (Å²) >= 11 is 0. The second kappa shape index (κ2) is 9.67. The highest BCUT2D eigenvalue weighted by atomic mass is 32.2. The second-order valence-electron chi connectivity index (χ2n) is 8.03. The minimum atomic E-state index is -3.70. The van der Waals surface area contributed by atoms with Crippen LogP contribution < -0.4 is 5.32 Å². The van der Waals surface area contributed by atoms with Gasteiger partial charge < -0.3 is 10.2 Å². The Morgan fingerprint density at radius 3 is 2.39 bits per heavy atom. The SMILES string of the molecule is CC(C)CC(CNc1ccc(S(=O)(=O)N2CCCCC2)cc1[N+](=O)[O-])N(C)C. The molecule has 0 saturated carbocycles. The highest BCUT2D eigenvalue weighted by Crippen LogP contribution is 2.30. The van der Waals surface area contributed by atoms with Gasteiger partial charge in [-0.2, -0.15) is 4.31 Å². The van der Waals surface area contributed by atoms with E-state index in [2.05, 4.69) is 24.1 Å². The highest BCUT2D eigenvalue weighted by molar-refractivity contribution is 7.89. The zero-order valence-electron chi connectivity index (χ0n) is 17.2. The number of nitro groups is 1. The molecule has 0 spiro atoms. The van der Waals surface area contributed by atoms with E-state index in [9.17, 15) is 18.5 Å². The van der Waals surface area contributed by atoms with Gasteiger partial charge in [0.2, 0.25) is 10.0 Å². The first-order chi connectivity index (χ1) is 13.1. The van der Waals surface area contributed by atoms with Crippen molar-refractivity contribution in [3.05, 3.63) is 28.3 Å². The lowest BCUT2D eigenvalue weighted by atomic mass is 10.0. The van der Waals surface area contributed by atoms with Crippen LogP contribution in [0.5, 0.6) is 0 Å². The third-order valence-corrected chi connectivity index (χ3v) is 7.02. The molecule has 0 radical (unpaired) electrons. The van der Waals surface area contributed by atoms with E-state index >= 15 is 0 Å². The number of rotatable bonds is 9. The molecule has 1 aromatic carbocycles. The zero-order chi connectivity index (χ0) is 20.9. The average molecular weight is 413 g/mol. The molecule has 1 saturated heterocycles. The van der Waals surface area contributed by atoms with E-state index in [-0.39, 0.29) is 16.6 Å². The fourth-order valence-electron chi connectivity index (χ4n) is 3.48. The monoisotopic (exact) mass is 412 g/mol. The summed E-state index contributed by atoms with van der Waals surface area (Å²) in [4.78, 5) is 13.1.